The lowest BCUT2D eigenvalue weighted by molar-refractivity contribution is -0.148. The number of nitrogens with zero attached hydrogens (tertiary/aromatic N) is 1. The van der Waals surface area contributed by atoms with Crippen LogP contribution in [0.4, 0.5) is 0 Å². The van der Waals surface area contributed by atoms with E-state index in [-0.39, 0.29) is 18.8 Å². The molecule has 1 aromatic rings. The number of piperidine rings is 1. The highest BCUT2D eigenvalue weighted by atomic mass is 35.5. The Morgan fingerprint density at radius 2 is 2.29 bits per heavy atom. The number of fused-ring (bicyclic) bond motifs is 1. The molecule has 3 rings (SSSR count). The first-order valence-corrected chi connectivity index (χ1v) is 7.46. The largest absolute Gasteiger partial charge is 0.468 e. The molecule has 21 heavy (non-hydrogen) atoms. The summed E-state index contributed by atoms with van der Waals surface area (Å²) in [5.41, 5.74) is 1.01. The van der Waals surface area contributed by atoms with Crippen LogP contribution in [0.2, 0.25) is 5.02 Å². The zero-order chi connectivity index (χ0) is 14.8. The molecule has 114 valence electrons. The first kappa shape index (κ1) is 14.5. The molecule has 6 heteroatoms. The molecule has 0 amide bonds. The van der Waals surface area contributed by atoms with E-state index in [9.17, 15) is 4.79 Å². The molecular formula is C15H18ClNO4. The third-order valence-electron chi connectivity index (χ3n) is 3.96. The molecule has 0 aliphatic carbocycles. The van der Waals surface area contributed by atoms with Gasteiger partial charge in [-0.25, -0.2) is 0 Å². The Labute approximate surface area is 128 Å². The van der Waals surface area contributed by atoms with Gasteiger partial charge >= 0.3 is 5.97 Å². The number of benzene rings is 1. The molecule has 0 N–H and O–H groups in total. The van der Waals surface area contributed by atoms with Gasteiger partial charge in [-0.05, 0) is 37.1 Å². The SMILES string of the molecule is COC(=O)[C@H]1CCCCN1Cc1cc(Cl)c2c(c1)OCO2. The van der Waals surface area contributed by atoms with Crippen LogP contribution in [-0.4, -0.2) is 37.4 Å². The zero-order valence-electron chi connectivity index (χ0n) is 11.9. The third kappa shape index (κ3) is 2.94. The van der Waals surface area contributed by atoms with Crippen molar-refractivity contribution in [3.05, 3.63) is 22.7 Å². The number of rotatable bonds is 3. The molecule has 2 heterocycles. The molecule has 0 spiro atoms. The van der Waals surface area contributed by atoms with Crippen molar-refractivity contribution in [1.29, 1.82) is 0 Å². The van der Waals surface area contributed by atoms with Gasteiger partial charge in [0.1, 0.15) is 6.04 Å². The maximum Gasteiger partial charge on any atom is 0.323 e. The standard InChI is InChI=1S/C15H18ClNO4/c1-19-15(18)12-4-2-3-5-17(12)8-10-6-11(16)14-13(7-10)20-9-21-14/h6-7,12H,2-5,8-9H2,1H3/t12-/m1/s1. The number of carbonyl (C=O) groups excluding carboxylic acids is 1. The van der Waals surface area contributed by atoms with Crippen LogP contribution in [-0.2, 0) is 16.1 Å². The smallest absolute Gasteiger partial charge is 0.323 e. The molecule has 0 aromatic heterocycles. The molecule has 0 saturated carbocycles. The average Bonchev–Trinajstić information content (AvgIpc) is 2.96. The van der Waals surface area contributed by atoms with Crippen LogP contribution in [0, 0.1) is 0 Å². The second-order valence-electron chi connectivity index (χ2n) is 5.32. The fourth-order valence-corrected chi connectivity index (χ4v) is 3.22. The summed E-state index contributed by atoms with van der Waals surface area (Å²) in [6.07, 6.45) is 2.98. The topological polar surface area (TPSA) is 48.0 Å². The van der Waals surface area contributed by atoms with Gasteiger partial charge < -0.3 is 14.2 Å². The molecule has 0 bridgehead atoms. The zero-order valence-corrected chi connectivity index (χ0v) is 12.7. The molecule has 1 saturated heterocycles. The number of ether oxygens (including phenoxy) is 3. The van der Waals surface area contributed by atoms with E-state index in [1.807, 2.05) is 12.1 Å². The van der Waals surface area contributed by atoms with Gasteiger partial charge in [0.05, 0.1) is 12.1 Å². The highest BCUT2D eigenvalue weighted by molar-refractivity contribution is 6.32. The predicted octanol–water partition coefficient (Wildman–Crippen LogP) is 2.60. The minimum absolute atomic E-state index is 0.165. The van der Waals surface area contributed by atoms with Crippen molar-refractivity contribution in [3.63, 3.8) is 0 Å². The molecule has 2 aliphatic rings. The number of hydrogen-bond acceptors (Lipinski definition) is 5. The lowest BCUT2D eigenvalue weighted by atomic mass is 10.0. The Hall–Kier alpha value is -1.46. The molecular weight excluding hydrogens is 294 g/mol. The summed E-state index contributed by atoms with van der Waals surface area (Å²) in [7, 11) is 1.44. The normalized spacial score (nSPS) is 21.3. The summed E-state index contributed by atoms with van der Waals surface area (Å²) >= 11 is 6.20. The predicted molar refractivity (Wildman–Crippen MR) is 77.6 cm³/mol. The van der Waals surface area contributed by atoms with Crippen LogP contribution in [0.25, 0.3) is 0 Å². The summed E-state index contributed by atoms with van der Waals surface area (Å²) in [5.74, 6) is 1.11. The molecule has 1 aromatic carbocycles. The fourth-order valence-electron chi connectivity index (χ4n) is 2.93. The quantitative estimate of drug-likeness (QED) is 0.803. The van der Waals surface area contributed by atoms with E-state index in [1.165, 1.54) is 7.11 Å². The highest BCUT2D eigenvalue weighted by Gasteiger charge is 2.30. The average molecular weight is 312 g/mol. The van der Waals surface area contributed by atoms with Gasteiger partial charge in [0.15, 0.2) is 11.5 Å². The van der Waals surface area contributed by atoms with E-state index in [1.54, 1.807) is 0 Å². The number of halogens is 1. The van der Waals surface area contributed by atoms with Gasteiger partial charge in [0, 0.05) is 6.54 Å². The Morgan fingerprint density at radius 1 is 1.43 bits per heavy atom. The van der Waals surface area contributed by atoms with Crippen LogP contribution in [0.5, 0.6) is 11.5 Å². The Bertz CT molecular complexity index is 549. The first-order chi connectivity index (χ1) is 10.2. The summed E-state index contributed by atoms with van der Waals surface area (Å²) in [6, 6.07) is 3.63. The Morgan fingerprint density at radius 3 is 3.10 bits per heavy atom. The summed E-state index contributed by atoms with van der Waals surface area (Å²) in [4.78, 5) is 14.0. The summed E-state index contributed by atoms with van der Waals surface area (Å²) in [6.45, 7) is 1.73. The van der Waals surface area contributed by atoms with E-state index in [4.69, 9.17) is 25.8 Å². The van der Waals surface area contributed by atoms with Gasteiger partial charge in [-0.3, -0.25) is 9.69 Å². The Kier molecular flexibility index (Phi) is 4.22. The lowest BCUT2D eigenvalue weighted by Gasteiger charge is -2.33. The van der Waals surface area contributed by atoms with Crippen molar-refractivity contribution in [1.82, 2.24) is 4.90 Å². The van der Waals surface area contributed by atoms with Crippen LogP contribution in [0.15, 0.2) is 12.1 Å². The van der Waals surface area contributed by atoms with Gasteiger partial charge in [-0.1, -0.05) is 18.0 Å². The number of likely N-dealkylation sites (tertiary alicyclic amines) is 1. The van der Waals surface area contributed by atoms with Crippen molar-refractivity contribution < 1.29 is 19.0 Å². The second-order valence-corrected chi connectivity index (χ2v) is 5.72. The molecule has 2 aliphatic heterocycles. The molecule has 0 unspecified atom stereocenters. The number of carbonyl (C=O) groups is 1. The van der Waals surface area contributed by atoms with Gasteiger partial charge in [0.2, 0.25) is 6.79 Å². The third-order valence-corrected chi connectivity index (χ3v) is 4.24. The molecule has 0 radical (unpaired) electrons. The van der Waals surface area contributed by atoms with Crippen LogP contribution >= 0.6 is 11.6 Å². The van der Waals surface area contributed by atoms with Gasteiger partial charge in [-0.2, -0.15) is 0 Å². The molecule has 1 fully saturated rings. The highest BCUT2D eigenvalue weighted by Crippen LogP contribution is 2.40. The monoisotopic (exact) mass is 311 g/mol. The number of esters is 1. The molecule has 1 atom stereocenters. The summed E-state index contributed by atoms with van der Waals surface area (Å²) in [5, 5.41) is 0.548. The van der Waals surface area contributed by atoms with Crippen molar-refractivity contribution in [2.45, 2.75) is 31.8 Å². The number of hydrogen-bond donors (Lipinski definition) is 0. The second kappa shape index (κ2) is 6.12. The van der Waals surface area contributed by atoms with E-state index in [2.05, 4.69) is 4.90 Å². The van der Waals surface area contributed by atoms with E-state index in [0.29, 0.717) is 23.1 Å². The van der Waals surface area contributed by atoms with Crippen molar-refractivity contribution in [2.24, 2.45) is 0 Å². The van der Waals surface area contributed by atoms with Gasteiger partial charge in [-0.15, -0.1) is 0 Å². The van der Waals surface area contributed by atoms with Crippen molar-refractivity contribution in [3.8, 4) is 11.5 Å². The molecule has 5 nitrogen and oxygen atoms in total. The van der Waals surface area contributed by atoms with Crippen molar-refractivity contribution in [2.75, 3.05) is 20.4 Å². The number of methoxy groups -OCH3 is 1. The maximum absolute atomic E-state index is 11.9. The van der Waals surface area contributed by atoms with Crippen LogP contribution in [0.1, 0.15) is 24.8 Å². The maximum atomic E-state index is 11.9. The van der Waals surface area contributed by atoms with E-state index >= 15 is 0 Å². The van der Waals surface area contributed by atoms with Crippen LogP contribution in [0.3, 0.4) is 0 Å². The van der Waals surface area contributed by atoms with E-state index in [0.717, 1.165) is 31.4 Å². The van der Waals surface area contributed by atoms with Gasteiger partial charge in [0.25, 0.3) is 0 Å². The van der Waals surface area contributed by atoms with E-state index < -0.39 is 0 Å². The Balaban J connectivity index is 1.78. The summed E-state index contributed by atoms with van der Waals surface area (Å²) < 4.78 is 15.6. The minimum Gasteiger partial charge on any atom is -0.468 e. The lowest BCUT2D eigenvalue weighted by Crippen LogP contribution is -2.44. The minimum atomic E-state index is -0.173. The van der Waals surface area contributed by atoms with Crippen LogP contribution < -0.4 is 9.47 Å². The first-order valence-electron chi connectivity index (χ1n) is 7.09. The van der Waals surface area contributed by atoms with Crippen molar-refractivity contribution >= 4 is 17.6 Å². The fraction of sp³-hybridized carbons (Fsp3) is 0.533.